The average molecular weight is 356 g/mol. The SMILES string of the molecule is Fc1cc(OC2CC3(CNC3)C2)ccc1Cl.O=C(O)C(F)(F)F. The van der Waals surface area contributed by atoms with Gasteiger partial charge in [0.25, 0.3) is 0 Å². The number of ether oxygens (including phenoxy) is 1. The highest BCUT2D eigenvalue weighted by Gasteiger charge is 2.49. The van der Waals surface area contributed by atoms with Gasteiger partial charge in [0.1, 0.15) is 11.6 Å². The highest BCUT2D eigenvalue weighted by atomic mass is 35.5. The summed E-state index contributed by atoms with van der Waals surface area (Å²) in [5.74, 6) is -2.60. The van der Waals surface area contributed by atoms with Crippen LogP contribution in [0.1, 0.15) is 12.8 Å². The van der Waals surface area contributed by atoms with Crippen molar-refractivity contribution >= 4 is 17.6 Å². The molecule has 23 heavy (non-hydrogen) atoms. The molecule has 0 atom stereocenters. The second kappa shape index (κ2) is 6.52. The summed E-state index contributed by atoms with van der Waals surface area (Å²) >= 11 is 5.60. The van der Waals surface area contributed by atoms with Crippen LogP contribution in [-0.4, -0.2) is 36.4 Å². The number of aliphatic carboxylic acids is 1. The fraction of sp³-hybridized carbons (Fsp3) is 0.500. The lowest BCUT2D eigenvalue weighted by Crippen LogP contribution is -2.62. The number of hydrogen-bond acceptors (Lipinski definition) is 3. The van der Waals surface area contributed by atoms with Crippen LogP contribution in [0, 0.1) is 11.2 Å². The molecule has 1 spiro atoms. The van der Waals surface area contributed by atoms with Crippen molar-refractivity contribution in [2.24, 2.45) is 5.41 Å². The molecule has 0 amide bonds. The zero-order valence-electron chi connectivity index (χ0n) is 11.8. The van der Waals surface area contributed by atoms with Gasteiger partial charge in [-0.15, -0.1) is 0 Å². The molecular weight excluding hydrogens is 342 g/mol. The van der Waals surface area contributed by atoms with E-state index in [2.05, 4.69) is 5.32 Å². The van der Waals surface area contributed by atoms with Gasteiger partial charge in [0, 0.05) is 24.6 Å². The fourth-order valence-corrected chi connectivity index (χ4v) is 2.62. The number of carboxylic acids is 1. The molecule has 2 fully saturated rings. The van der Waals surface area contributed by atoms with E-state index in [-0.39, 0.29) is 11.1 Å². The molecule has 0 bridgehead atoms. The van der Waals surface area contributed by atoms with Crippen LogP contribution in [0.4, 0.5) is 17.6 Å². The van der Waals surface area contributed by atoms with E-state index < -0.39 is 18.0 Å². The summed E-state index contributed by atoms with van der Waals surface area (Å²) in [7, 11) is 0. The van der Waals surface area contributed by atoms with E-state index in [9.17, 15) is 17.6 Å². The molecule has 1 aliphatic heterocycles. The first-order chi connectivity index (χ1) is 10.6. The maximum absolute atomic E-state index is 13.2. The van der Waals surface area contributed by atoms with Gasteiger partial charge in [-0.25, -0.2) is 9.18 Å². The van der Waals surface area contributed by atoms with E-state index in [0.717, 1.165) is 25.9 Å². The molecule has 0 radical (unpaired) electrons. The fourth-order valence-electron chi connectivity index (χ4n) is 2.50. The minimum atomic E-state index is -5.08. The molecule has 1 saturated heterocycles. The summed E-state index contributed by atoms with van der Waals surface area (Å²) in [6.45, 7) is 2.20. The van der Waals surface area contributed by atoms with Gasteiger partial charge < -0.3 is 15.2 Å². The zero-order chi connectivity index (χ0) is 17.3. The van der Waals surface area contributed by atoms with Gasteiger partial charge in [0.2, 0.25) is 0 Å². The number of carbonyl (C=O) groups is 1. The molecule has 1 aliphatic carbocycles. The molecule has 2 N–H and O–H groups in total. The minimum Gasteiger partial charge on any atom is -0.490 e. The van der Waals surface area contributed by atoms with Gasteiger partial charge in [-0.1, -0.05) is 11.6 Å². The maximum atomic E-state index is 13.2. The molecule has 1 aromatic rings. The highest BCUT2D eigenvalue weighted by Crippen LogP contribution is 2.45. The third kappa shape index (κ3) is 4.48. The molecular formula is C14H14ClF4NO3. The molecule has 0 aromatic heterocycles. The monoisotopic (exact) mass is 355 g/mol. The molecule has 1 saturated carbocycles. The van der Waals surface area contributed by atoms with Gasteiger partial charge in [0.15, 0.2) is 0 Å². The highest BCUT2D eigenvalue weighted by molar-refractivity contribution is 6.30. The van der Waals surface area contributed by atoms with Gasteiger partial charge in [-0.05, 0) is 25.0 Å². The molecule has 2 aliphatic rings. The predicted octanol–water partition coefficient (Wildman–Crippen LogP) is 3.24. The first-order valence-corrected chi connectivity index (χ1v) is 7.12. The Balaban J connectivity index is 0.000000236. The molecule has 1 heterocycles. The van der Waals surface area contributed by atoms with Crippen LogP contribution < -0.4 is 10.1 Å². The third-order valence-electron chi connectivity index (χ3n) is 3.76. The second-order valence-electron chi connectivity index (χ2n) is 5.63. The van der Waals surface area contributed by atoms with Crippen molar-refractivity contribution in [3.05, 3.63) is 29.0 Å². The lowest BCUT2D eigenvalue weighted by Gasteiger charge is -2.53. The molecule has 128 valence electrons. The Bertz CT molecular complexity index is 582. The first kappa shape index (κ1) is 17.8. The Kier molecular flexibility index (Phi) is 5.05. The standard InChI is InChI=1S/C12H13ClFNO.C2HF3O2/c13-10-2-1-8(3-11(10)14)16-9-4-12(5-9)6-15-7-12;3-2(4,5)1(6)7/h1-3,9,15H,4-7H2;(H,6,7). The summed E-state index contributed by atoms with van der Waals surface area (Å²) < 4.78 is 50.6. The summed E-state index contributed by atoms with van der Waals surface area (Å²) in [5.41, 5.74) is 0.482. The van der Waals surface area contributed by atoms with Crippen molar-refractivity contribution in [2.45, 2.75) is 25.1 Å². The van der Waals surface area contributed by atoms with Crippen LogP contribution in [0.15, 0.2) is 18.2 Å². The summed E-state index contributed by atoms with van der Waals surface area (Å²) in [6.07, 6.45) is -2.70. The number of alkyl halides is 3. The van der Waals surface area contributed by atoms with Crippen molar-refractivity contribution in [1.82, 2.24) is 5.32 Å². The number of benzene rings is 1. The topological polar surface area (TPSA) is 58.6 Å². The molecule has 1 aromatic carbocycles. The first-order valence-electron chi connectivity index (χ1n) is 6.74. The van der Waals surface area contributed by atoms with E-state index in [1.165, 1.54) is 12.1 Å². The van der Waals surface area contributed by atoms with Crippen LogP contribution in [0.25, 0.3) is 0 Å². The van der Waals surface area contributed by atoms with Gasteiger partial charge in [-0.2, -0.15) is 13.2 Å². The summed E-state index contributed by atoms with van der Waals surface area (Å²) in [4.78, 5) is 8.90. The number of nitrogens with one attached hydrogen (secondary N) is 1. The van der Waals surface area contributed by atoms with Crippen LogP contribution in [0.3, 0.4) is 0 Å². The Morgan fingerprint density at radius 2 is 1.91 bits per heavy atom. The van der Waals surface area contributed by atoms with E-state index in [4.69, 9.17) is 26.2 Å². The van der Waals surface area contributed by atoms with Crippen LogP contribution in [0.5, 0.6) is 5.75 Å². The van der Waals surface area contributed by atoms with E-state index >= 15 is 0 Å². The smallest absolute Gasteiger partial charge is 0.490 e. The number of halogens is 5. The largest absolute Gasteiger partial charge is 0.490 e. The number of rotatable bonds is 2. The van der Waals surface area contributed by atoms with Crippen LogP contribution in [0.2, 0.25) is 5.02 Å². The van der Waals surface area contributed by atoms with E-state index in [1.807, 2.05) is 0 Å². The van der Waals surface area contributed by atoms with Crippen LogP contribution >= 0.6 is 11.6 Å². The Labute approximate surface area is 134 Å². The number of carboxylic acid groups (broad SMARTS) is 1. The Morgan fingerprint density at radius 1 is 1.35 bits per heavy atom. The molecule has 0 unspecified atom stereocenters. The molecule has 3 rings (SSSR count). The average Bonchev–Trinajstić information content (AvgIpc) is 2.35. The summed E-state index contributed by atoms with van der Waals surface area (Å²) in [6, 6.07) is 4.60. The van der Waals surface area contributed by atoms with Crippen molar-refractivity contribution in [1.29, 1.82) is 0 Å². The lowest BCUT2D eigenvalue weighted by atomic mass is 9.63. The van der Waals surface area contributed by atoms with E-state index in [1.54, 1.807) is 6.07 Å². The van der Waals surface area contributed by atoms with Crippen molar-refractivity contribution in [3.63, 3.8) is 0 Å². The van der Waals surface area contributed by atoms with E-state index in [0.29, 0.717) is 11.2 Å². The third-order valence-corrected chi connectivity index (χ3v) is 4.06. The minimum absolute atomic E-state index is 0.139. The predicted molar refractivity (Wildman–Crippen MR) is 74.1 cm³/mol. The van der Waals surface area contributed by atoms with Crippen molar-refractivity contribution in [3.8, 4) is 5.75 Å². The zero-order valence-corrected chi connectivity index (χ0v) is 12.5. The van der Waals surface area contributed by atoms with Crippen molar-refractivity contribution < 1.29 is 32.2 Å². The Hall–Kier alpha value is -1.54. The second-order valence-corrected chi connectivity index (χ2v) is 6.04. The van der Waals surface area contributed by atoms with Crippen molar-refractivity contribution in [2.75, 3.05) is 13.1 Å². The Morgan fingerprint density at radius 3 is 2.30 bits per heavy atom. The quantitative estimate of drug-likeness (QED) is 0.800. The lowest BCUT2D eigenvalue weighted by molar-refractivity contribution is -0.192. The van der Waals surface area contributed by atoms with Gasteiger partial charge in [0.05, 0.1) is 11.1 Å². The normalized spacial score (nSPS) is 19.2. The van der Waals surface area contributed by atoms with Gasteiger partial charge in [-0.3, -0.25) is 0 Å². The maximum Gasteiger partial charge on any atom is 0.490 e. The van der Waals surface area contributed by atoms with Crippen LogP contribution in [-0.2, 0) is 4.79 Å². The molecule has 9 heteroatoms. The van der Waals surface area contributed by atoms with Gasteiger partial charge >= 0.3 is 12.1 Å². The number of hydrogen-bond donors (Lipinski definition) is 2. The molecule has 4 nitrogen and oxygen atoms in total. The summed E-state index contributed by atoms with van der Waals surface area (Å²) in [5, 5.41) is 10.5.